The largest absolute Gasteiger partial charge is 0.391 e. The molecule has 1 saturated heterocycles. The molecule has 1 N–H and O–H groups in total. The summed E-state index contributed by atoms with van der Waals surface area (Å²) in [7, 11) is 0. The third-order valence-electron chi connectivity index (χ3n) is 5.79. The molecule has 1 aliphatic rings. The Kier molecular flexibility index (Phi) is 6.69. The molecule has 0 aromatic heterocycles. The van der Waals surface area contributed by atoms with Crippen LogP contribution < -0.4 is 0 Å². The van der Waals surface area contributed by atoms with Crippen LogP contribution >= 0.6 is 23.2 Å². The maximum Gasteiger partial charge on any atom is 0.226 e. The van der Waals surface area contributed by atoms with E-state index in [0.29, 0.717) is 16.5 Å². The first-order valence-electron chi connectivity index (χ1n) is 9.84. The average molecular weight is 420 g/mol. The van der Waals surface area contributed by atoms with Crippen molar-refractivity contribution in [1.29, 1.82) is 0 Å². The molecule has 0 spiro atoms. The molecule has 28 heavy (non-hydrogen) atoms. The van der Waals surface area contributed by atoms with Crippen LogP contribution in [0.3, 0.4) is 0 Å². The Morgan fingerprint density at radius 2 is 1.79 bits per heavy atom. The smallest absolute Gasteiger partial charge is 0.226 e. The summed E-state index contributed by atoms with van der Waals surface area (Å²) in [6.07, 6.45) is 0.802. The van der Waals surface area contributed by atoms with E-state index in [0.717, 1.165) is 17.5 Å². The lowest BCUT2D eigenvalue weighted by molar-refractivity contribution is -0.149. The molecule has 1 aliphatic heterocycles. The molecule has 5 heteroatoms. The summed E-state index contributed by atoms with van der Waals surface area (Å²) >= 11 is 12.4. The van der Waals surface area contributed by atoms with E-state index in [1.54, 1.807) is 6.92 Å². The van der Waals surface area contributed by atoms with E-state index >= 15 is 0 Å². The second kappa shape index (κ2) is 8.86. The van der Waals surface area contributed by atoms with Gasteiger partial charge in [-0.2, -0.15) is 0 Å². The van der Waals surface area contributed by atoms with Gasteiger partial charge in [-0.25, -0.2) is 0 Å². The summed E-state index contributed by atoms with van der Waals surface area (Å²) in [6.45, 7) is 5.74. The Labute approximate surface area is 177 Å². The van der Waals surface area contributed by atoms with Gasteiger partial charge in [0.15, 0.2) is 0 Å². The van der Waals surface area contributed by atoms with Gasteiger partial charge in [0.2, 0.25) is 5.91 Å². The van der Waals surface area contributed by atoms with E-state index in [9.17, 15) is 9.90 Å². The number of hydrogen-bond acceptors (Lipinski definition) is 2. The predicted octanol–water partition coefficient (Wildman–Crippen LogP) is 5.85. The molecule has 0 radical (unpaired) electrons. The van der Waals surface area contributed by atoms with Gasteiger partial charge in [-0.15, -0.1) is 0 Å². The van der Waals surface area contributed by atoms with Crippen LogP contribution in [0.15, 0.2) is 48.5 Å². The number of benzene rings is 2. The zero-order chi connectivity index (χ0) is 20.4. The first-order valence-corrected chi connectivity index (χ1v) is 10.6. The summed E-state index contributed by atoms with van der Waals surface area (Å²) in [5.74, 6) is 0.0479. The van der Waals surface area contributed by atoms with Gasteiger partial charge in [0.25, 0.3) is 0 Å². The number of aliphatic hydroxyl groups is 1. The van der Waals surface area contributed by atoms with E-state index < -0.39 is 6.10 Å². The van der Waals surface area contributed by atoms with E-state index in [2.05, 4.69) is 6.07 Å². The standard InChI is InChI=1S/C23H27Cl2NO2/c1-4-21(15(3)27)26-22(16-8-10-18(24)11-9-16)20(12-14(2)23(26)28)17-6-5-7-19(25)13-17/h5-11,13-15,20-22,27H,4,12H2,1-3H3/t14?,15-,20+,21-,22+/m0/s1. The van der Waals surface area contributed by atoms with E-state index in [1.165, 1.54) is 0 Å². The summed E-state index contributed by atoms with van der Waals surface area (Å²) in [6, 6.07) is 15.1. The van der Waals surface area contributed by atoms with Crippen LogP contribution in [0.2, 0.25) is 10.0 Å². The van der Waals surface area contributed by atoms with Crippen molar-refractivity contribution < 1.29 is 9.90 Å². The number of carbonyl (C=O) groups is 1. The molecule has 0 aliphatic carbocycles. The number of likely N-dealkylation sites (tertiary alicyclic amines) is 1. The second-order valence-electron chi connectivity index (χ2n) is 7.76. The number of aliphatic hydroxyl groups excluding tert-OH is 1. The minimum absolute atomic E-state index is 0.0837. The number of halogens is 2. The molecule has 2 aromatic carbocycles. The molecule has 1 heterocycles. The minimum Gasteiger partial charge on any atom is -0.391 e. The third kappa shape index (κ3) is 4.22. The van der Waals surface area contributed by atoms with E-state index in [4.69, 9.17) is 23.2 Å². The van der Waals surface area contributed by atoms with Crippen molar-refractivity contribution in [2.75, 3.05) is 0 Å². The summed E-state index contributed by atoms with van der Waals surface area (Å²) < 4.78 is 0. The van der Waals surface area contributed by atoms with Crippen molar-refractivity contribution in [1.82, 2.24) is 4.90 Å². The van der Waals surface area contributed by atoms with Gasteiger partial charge in [0, 0.05) is 21.9 Å². The van der Waals surface area contributed by atoms with Crippen LogP contribution in [0.1, 0.15) is 56.7 Å². The molecule has 3 rings (SSSR count). The number of hydrogen-bond donors (Lipinski definition) is 1. The fourth-order valence-corrected chi connectivity index (χ4v) is 4.77. The monoisotopic (exact) mass is 419 g/mol. The molecule has 3 nitrogen and oxygen atoms in total. The maximum absolute atomic E-state index is 13.3. The molecule has 150 valence electrons. The lowest BCUT2D eigenvalue weighted by Gasteiger charge is -2.48. The first kappa shape index (κ1) is 21.2. The number of amides is 1. The van der Waals surface area contributed by atoms with Crippen LogP contribution in [0.25, 0.3) is 0 Å². The zero-order valence-electron chi connectivity index (χ0n) is 16.5. The van der Waals surface area contributed by atoms with Crippen molar-refractivity contribution in [3.8, 4) is 0 Å². The first-order chi connectivity index (χ1) is 13.3. The fraction of sp³-hybridized carbons (Fsp3) is 0.435. The van der Waals surface area contributed by atoms with Crippen molar-refractivity contribution >= 4 is 29.1 Å². The highest BCUT2D eigenvalue weighted by Gasteiger charge is 2.44. The molecule has 1 amide bonds. The molecular formula is C23H27Cl2NO2. The lowest BCUT2D eigenvalue weighted by atomic mass is 9.75. The topological polar surface area (TPSA) is 40.5 Å². The van der Waals surface area contributed by atoms with Crippen LogP contribution in [0.5, 0.6) is 0 Å². The fourth-order valence-electron chi connectivity index (χ4n) is 4.44. The molecule has 5 atom stereocenters. The Bertz CT molecular complexity index is 822. The highest BCUT2D eigenvalue weighted by Crippen LogP contribution is 2.47. The summed E-state index contributed by atoms with van der Waals surface area (Å²) in [5, 5.41) is 11.8. The van der Waals surface area contributed by atoms with E-state index in [-0.39, 0.29) is 29.8 Å². The molecule has 0 bridgehead atoms. The maximum atomic E-state index is 13.3. The molecule has 2 aromatic rings. The minimum atomic E-state index is -0.617. The number of rotatable bonds is 5. The highest BCUT2D eigenvalue weighted by atomic mass is 35.5. The summed E-state index contributed by atoms with van der Waals surface area (Å²) in [4.78, 5) is 15.2. The van der Waals surface area contributed by atoms with Gasteiger partial charge in [-0.1, -0.05) is 61.3 Å². The van der Waals surface area contributed by atoms with Gasteiger partial charge < -0.3 is 10.0 Å². The average Bonchev–Trinajstić information content (AvgIpc) is 2.66. The molecule has 1 unspecified atom stereocenters. The van der Waals surface area contributed by atoms with E-state index in [1.807, 2.05) is 61.2 Å². The Morgan fingerprint density at radius 1 is 1.11 bits per heavy atom. The van der Waals surface area contributed by atoms with Crippen LogP contribution in [-0.4, -0.2) is 28.1 Å². The Morgan fingerprint density at radius 3 is 2.36 bits per heavy atom. The van der Waals surface area contributed by atoms with Crippen molar-refractivity contribution in [3.05, 3.63) is 69.7 Å². The SMILES string of the molecule is CC[C@@H]([C@H](C)O)N1C(=O)C(C)C[C@H](c2cccc(Cl)c2)[C@H]1c1ccc(Cl)cc1. The lowest BCUT2D eigenvalue weighted by Crippen LogP contribution is -2.54. The molecule has 0 saturated carbocycles. The van der Waals surface area contributed by atoms with Gasteiger partial charge in [0.05, 0.1) is 18.2 Å². The normalized spacial score (nSPS) is 24.9. The van der Waals surface area contributed by atoms with Crippen LogP contribution in [0, 0.1) is 5.92 Å². The quantitative estimate of drug-likeness (QED) is 0.660. The van der Waals surface area contributed by atoms with Gasteiger partial charge in [-0.3, -0.25) is 4.79 Å². The molecular weight excluding hydrogens is 393 g/mol. The molecule has 1 fully saturated rings. The third-order valence-corrected chi connectivity index (χ3v) is 6.27. The predicted molar refractivity (Wildman–Crippen MR) is 115 cm³/mol. The van der Waals surface area contributed by atoms with Crippen molar-refractivity contribution in [2.45, 2.75) is 57.7 Å². The second-order valence-corrected chi connectivity index (χ2v) is 8.63. The van der Waals surface area contributed by atoms with Crippen LogP contribution in [0.4, 0.5) is 0 Å². The highest BCUT2D eigenvalue weighted by molar-refractivity contribution is 6.30. The van der Waals surface area contributed by atoms with Gasteiger partial charge in [-0.05, 0) is 55.2 Å². The number of nitrogens with zero attached hydrogens (tertiary/aromatic N) is 1. The van der Waals surface area contributed by atoms with Gasteiger partial charge in [0.1, 0.15) is 0 Å². The Hall–Kier alpha value is -1.55. The van der Waals surface area contributed by atoms with Gasteiger partial charge >= 0.3 is 0 Å². The van der Waals surface area contributed by atoms with Crippen LogP contribution in [-0.2, 0) is 4.79 Å². The number of piperidine rings is 1. The Balaban J connectivity index is 2.16. The summed E-state index contributed by atoms with van der Waals surface area (Å²) in [5.41, 5.74) is 2.13. The van der Waals surface area contributed by atoms with Crippen molar-refractivity contribution in [2.24, 2.45) is 5.92 Å². The van der Waals surface area contributed by atoms with Crippen molar-refractivity contribution in [3.63, 3.8) is 0 Å². The zero-order valence-corrected chi connectivity index (χ0v) is 18.0. The number of carbonyl (C=O) groups excluding carboxylic acids is 1.